The Labute approximate surface area is 116 Å². The third kappa shape index (κ3) is 2.56. The van der Waals surface area contributed by atoms with Gasteiger partial charge in [-0.05, 0) is 18.9 Å². The zero-order valence-electron chi connectivity index (χ0n) is 10.9. The highest BCUT2D eigenvalue weighted by molar-refractivity contribution is 6.31. The molecule has 0 saturated carbocycles. The molecular formula is C13H16ClN3O2. The lowest BCUT2D eigenvalue weighted by atomic mass is 10.2. The van der Waals surface area contributed by atoms with Crippen LogP contribution in [-0.2, 0) is 11.2 Å². The zero-order chi connectivity index (χ0) is 14.0. The second-order valence-electron chi connectivity index (χ2n) is 4.41. The van der Waals surface area contributed by atoms with Crippen molar-refractivity contribution in [2.75, 3.05) is 0 Å². The van der Waals surface area contributed by atoms with Crippen LogP contribution >= 0.6 is 11.6 Å². The van der Waals surface area contributed by atoms with Crippen LogP contribution in [0.3, 0.4) is 0 Å². The first-order valence-electron chi connectivity index (χ1n) is 6.33. The van der Waals surface area contributed by atoms with E-state index < -0.39 is 12.0 Å². The van der Waals surface area contributed by atoms with Crippen LogP contribution in [0.4, 0.5) is 0 Å². The minimum absolute atomic E-state index is 0.488. The Hall–Kier alpha value is -1.62. The van der Waals surface area contributed by atoms with Gasteiger partial charge in [0.25, 0.3) is 0 Å². The molecule has 0 aromatic carbocycles. The van der Waals surface area contributed by atoms with E-state index in [0.717, 1.165) is 18.7 Å². The molecule has 0 saturated heterocycles. The van der Waals surface area contributed by atoms with Gasteiger partial charge in [0.15, 0.2) is 5.65 Å². The SMILES string of the molecule is CCCc1nc2cc(Cl)cnc2n1C(CC)C(=O)O. The molecule has 2 rings (SSSR count). The van der Waals surface area contributed by atoms with Gasteiger partial charge in [0.05, 0.1) is 5.02 Å². The Morgan fingerprint density at radius 1 is 1.53 bits per heavy atom. The molecule has 0 spiro atoms. The second-order valence-corrected chi connectivity index (χ2v) is 4.84. The maximum absolute atomic E-state index is 11.4. The third-order valence-corrected chi connectivity index (χ3v) is 3.23. The molecule has 0 aliphatic heterocycles. The third-order valence-electron chi connectivity index (χ3n) is 3.03. The number of imidazole rings is 1. The van der Waals surface area contributed by atoms with Crippen molar-refractivity contribution in [1.82, 2.24) is 14.5 Å². The molecule has 0 radical (unpaired) electrons. The molecule has 2 heterocycles. The summed E-state index contributed by atoms with van der Waals surface area (Å²) in [6.45, 7) is 3.88. The van der Waals surface area contributed by atoms with Gasteiger partial charge in [-0.25, -0.2) is 14.8 Å². The first-order chi connectivity index (χ1) is 9.08. The van der Waals surface area contributed by atoms with Crippen LogP contribution < -0.4 is 0 Å². The van der Waals surface area contributed by atoms with Gasteiger partial charge >= 0.3 is 5.97 Å². The first-order valence-corrected chi connectivity index (χ1v) is 6.71. The average Bonchev–Trinajstić information content (AvgIpc) is 2.68. The van der Waals surface area contributed by atoms with E-state index in [9.17, 15) is 9.90 Å². The first kappa shape index (κ1) is 13.8. The van der Waals surface area contributed by atoms with Crippen LogP contribution in [0.1, 0.15) is 38.6 Å². The number of pyridine rings is 1. The molecular weight excluding hydrogens is 266 g/mol. The van der Waals surface area contributed by atoms with Gasteiger partial charge in [-0.2, -0.15) is 0 Å². The smallest absolute Gasteiger partial charge is 0.326 e. The maximum Gasteiger partial charge on any atom is 0.326 e. The van der Waals surface area contributed by atoms with Crippen LogP contribution in [0.15, 0.2) is 12.3 Å². The number of aromatic nitrogens is 3. The van der Waals surface area contributed by atoms with Crippen LogP contribution in [0.2, 0.25) is 5.02 Å². The van der Waals surface area contributed by atoms with Crippen molar-refractivity contribution >= 4 is 28.7 Å². The van der Waals surface area contributed by atoms with E-state index >= 15 is 0 Å². The van der Waals surface area contributed by atoms with Crippen molar-refractivity contribution in [1.29, 1.82) is 0 Å². The minimum atomic E-state index is -0.865. The molecule has 1 unspecified atom stereocenters. The topological polar surface area (TPSA) is 68.0 Å². The van der Waals surface area contributed by atoms with Crippen LogP contribution in [-0.4, -0.2) is 25.6 Å². The number of carboxylic acid groups (broad SMARTS) is 1. The number of aliphatic carboxylic acids is 1. The van der Waals surface area contributed by atoms with Crippen LogP contribution in [0.25, 0.3) is 11.2 Å². The molecule has 2 aromatic heterocycles. The van der Waals surface area contributed by atoms with Gasteiger partial charge in [-0.3, -0.25) is 4.57 Å². The van der Waals surface area contributed by atoms with Crippen LogP contribution in [0.5, 0.6) is 0 Å². The van der Waals surface area contributed by atoms with Gasteiger partial charge in [0.2, 0.25) is 0 Å². The number of carbonyl (C=O) groups is 1. The highest BCUT2D eigenvalue weighted by atomic mass is 35.5. The molecule has 0 bridgehead atoms. The van der Waals surface area contributed by atoms with Gasteiger partial charge in [0, 0.05) is 12.6 Å². The van der Waals surface area contributed by atoms with E-state index in [-0.39, 0.29) is 0 Å². The summed E-state index contributed by atoms with van der Waals surface area (Å²) in [5.41, 5.74) is 1.23. The van der Waals surface area contributed by atoms with Crippen molar-refractivity contribution in [2.24, 2.45) is 0 Å². The second kappa shape index (κ2) is 5.57. The summed E-state index contributed by atoms with van der Waals surface area (Å²) >= 11 is 5.91. The number of fused-ring (bicyclic) bond motifs is 1. The van der Waals surface area contributed by atoms with E-state index in [4.69, 9.17) is 11.6 Å². The molecule has 2 aromatic rings. The molecule has 0 aliphatic rings. The van der Waals surface area contributed by atoms with E-state index in [1.54, 1.807) is 10.6 Å². The lowest BCUT2D eigenvalue weighted by Crippen LogP contribution is -2.20. The largest absolute Gasteiger partial charge is 0.480 e. The Bertz CT molecular complexity index is 609. The maximum atomic E-state index is 11.4. The highest BCUT2D eigenvalue weighted by Crippen LogP contribution is 2.24. The number of halogens is 1. The summed E-state index contributed by atoms with van der Waals surface area (Å²) in [7, 11) is 0. The van der Waals surface area contributed by atoms with E-state index in [1.165, 1.54) is 6.20 Å². The van der Waals surface area contributed by atoms with Crippen molar-refractivity contribution in [3.05, 3.63) is 23.1 Å². The quantitative estimate of drug-likeness (QED) is 0.914. The number of carboxylic acids is 1. The van der Waals surface area contributed by atoms with Gasteiger partial charge in [0.1, 0.15) is 17.4 Å². The molecule has 5 nitrogen and oxygen atoms in total. The van der Waals surface area contributed by atoms with Crippen LogP contribution in [0, 0.1) is 0 Å². The van der Waals surface area contributed by atoms with Gasteiger partial charge < -0.3 is 5.11 Å². The number of nitrogens with zero attached hydrogens (tertiary/aromatic N) is 3. The summed E-state index contributed by atoms with van der Waals surface area (Å²) in [6, 6.07) is 1.08. The molecule has 1 atom stereocenters. The molecule has 0 amide bonds. The Kier molecular flexibility index (Phi) is 4.04. The lowest BCUT2D eigenvalue weighted by Gasteiger charge is -2.15. The fourth-order valence-electron chi connectivity index (χ4n) is 2.20. The number of hydrogen-bond donors (Lipinski definition) is 1. The zero-order valence-corrected chi connectivity index (χ0v) is 11.7. The molecule has 0 fully saturated rings. The normalized spacial score (nSPS) is 12.8. The van der Waals surface area contributed by atoms with Crippen molar-refractivity contribution in [3.63, 3.8) is 0 Å². The van der Waals surface area contributed by atoms with E-state index in [1.807, 2.05) is 13.8 Å². The molecule has 6 heteroatoms. The van der Waals surface area contributed by atoms with Crippen molar-refractivity contribution in [3.8, 4) is 0 Å². The van der Waals surface area contributed by atoms with Gasteiger partial charge in [-0.15, -0.1) is 0 Å². The molecule has 102 valence electrons. The molecule has 0 aliphatic carbocycles. The fourth-order valence-corrected chi connectivity index (χ4v) is 2.35. The predicted molar refractivity (Wildman–Crippen MR) is 73.5 cm³/mol. The molecule has 1 N–H and O–H groups in total. The monoisotopic (exact) mass is 281 g/mol. The summed E-state index contributed by atoms with van der Waals surface area (Å²) in [5, 5.41) is 9.85. The lowest BCUT2D eigenvalue weighted by molar-refractivity contribution is -0.141. The van der Waals surface area contributed by atoms with Crippen molar-refractivity contribution in [2.45, 2.75) is 39.2 Å². The summed E-state index contributed by atoms with van der Waals surface area (Å²) in [5.74, 6) is -0.114. The Morgan fingerprint density at radius 3 is 2.84 bits per heavy atom. The summed E-state index contributed by atoms with van der Waals surface area (Å²) in [6.07, 6.45) is 3.62. The van der Waals surface area contributed by atoms with E-state index in [0.29, 0.717) is 22.6 Å². The highest BCUT2D eigenvalue weighted by Gasteiger charge is 2.24. The summed E-state index contributed by atoms with van der Waals surface area (Å²) < 4.78 is 1.72. The van der Waals surface area contributed by atoms with Gasteiger partial charge in [-0.1, -0.05) is 25.4 Å². The van der Waals surface area contributed by atoms with Crippen molar-refractivity contribution < 1.29 is 9.90 Å². The predicted octanol–water partition coefficient (Wildman–Crippen LogP) is 3.07. The summed E-state index contributed by atoms with van der Waals surface area (Å²) in [4.78, 5) is 20.1. The fraction of sp³-hybridized carbons (Fsp3) is 0.462. The average molecular weight is 282 g/mol. The van der Waals surface area contributed by atoms with E-state index in [2.05, 4.69) is 9.97 Å². The Morgan fingerprint density at radius 2 is 2.26 bits per heavy atom. The Balaban J connectivity index is 2.67. The number of hydrogen-bond acceptors (Lipinski definition) is 3. The molecule has 19 heavy (non-hydrogen) atoms. The minimum Gasteiger partial charge on any atom is -0.480 e. The number of aryl methyl sites for hydroxylation is 1. The standard InChI is InChI=1S/C13H16ClN3O2/c1-3-5-11-16-9-6-8(14)7-15-12(9)17(11)10(4-2)13(18)19/h6-7,10H,3-5H2,1-2H3,(H,18,19). The number of rotatable bonds is 5.